The SMILES string of the molecule is CCOc1ccc(C(=O)NC(C(=O)N2CCC(C(=O)NC3CC3)CC2)C(C)C)cc1. The molecule has 1 aliphatic heterocycles. The molecular formula is C23H33N3O4. The number of piperidine rings is 1. The highest BCUT2D eigenvalue weighted by atomic mass is 16.5. The van der Waals surface area contributed by atoms with Crippen molar-refractivity contribution in [3.8, 4) is 5.75 Å². The van der Waals surface area contributed by atoms with Crippen LogP contribution in [0.3, 0.4) is 0 Å². The van der Waals surface area contributed by atoms with Gasteiger partial charge in [0.05, 0.1) is 6.61 Å². The molecule has 1 saturated carbocycles. The maximum Gasteiger partial charge on any atom is 0.251 e. The molecule has 7 nitrogen and oxygen atoms in total. The van der Waals surface area contributed by atoms with Crippen LogP contribution in [-0.2, 0) is 9.59 Å². The third-order valence-corrected chi connectivity index (χ3v) is 5.75. The smallest absolute Gasteiger partial charge is 0.251 e. The van der Waals surface area contributed by atoms with Crippen LogP contribution in [0, 0.1) is 11.8 Å². The Kier molecular flexibility index (Phi) is 7.34. The average molecular weight is 416 g/mol. The number of likely N-dealkylation sites (tertiary alicyclic amines) is 1. The summed E-state index contributed by atoms with van der Waals surface area (Å²) in [4.78, 5) is 39.8. The fourth-order valence-electron chi connectivity index (χ4n) is 3.71. The highest BCUT2D eigenvalue weighted by Crippen LogP contribution is 2.23. The van der Waals surface area contributed by atoms with Crippen molar-refractivity contribution in [3.05, 3.63) is 29.8 Å². The first-order valence-electron chi connectivity index (χ1n) is 11.0. The topological polar surface area (TPSA) is 87.7 Å². The molecule has 1 unspecified atom stereocenters. The molecule has 3 rings (SSSR count). The van der Waals surface area contributed by atoms with Gasteiger partial charge in [-0.25, -0.2) is 0 Å². The van der Waals surface area contributed by atoms with Crippen molar-refractivity contribution in [3.63, 3.8) is 0 Å². The molecule has 0 aromatic heterocycles. The van der Waals surface area contributed by atoms with E-state index in [4.69, 9.17) is 4.74 Å². The molecule has 2 fully saturated rings. The molecule has 2 aliphatic rings. The monoisotopic (exact) mass is 415 g/mol. The Hall–Kier alpha value is -2.57. The Labute approximate surface area is 178 Å². The van der Waals surface area contributed by atoms with Crippen LogP contribution in [0.1, 0.15) is 56.8 Å². The zero-order chi connectivity index (χ0) is 21.7. The van der Waals surface area contributed by atoms with Crippen molar-refractivity contribution >= 4 is 17.7 Å². The standard InChI is InChI=1S/C23H33N3O4/c1-4-30-19-9-5-16(6-10-19)22(28)25-20(15(2)3)23(29)26-13-11-17(12-14-26)21(27)24-18-7-8-18/h5-6,9-10,15,17-18,20H,4,7-8,11-14H2,1-3H3,(H,24,27)(H,25,28). The van der Waals surface area contributed by atoms with E-state index in [1.165, 1.54) is 0 Å². The number of nitrogens with one attached hydrogen (secondary N) is 2. The van der Waals surface area contributed by atoms with E-state index < -0.39 is 6.04 Å². The van der Waals surface area contributed by atoms with E-state index in [9.17, 15) is 14.4 Å². The van der Waals surface area contributed by atoms with Crippen molar-refractivity contribution in [2.75, 3.05) is 19.7 Å². The zero-order valence-electron chi connectivity index (χ0n) is 18.1. The molecule has 0 spiro atoms. The molecule has 30 heavy (non-hydrogen) atoms. The second-order valence-electron chi connectivity index (χ2n) is 8.53. The van der Waals surface area contributed by atoms with E-state index in [0.29, 0.717) is 49.9 Å². The Bertz CT molecular complexity index is 750. The molecule has 0 bridgehead atoms. The summed E-state index contributed by atoms with van der Waals surface area (Å²) < 4.78 is 5.41. The fraction of sp³-hybridized carbons (Fsp3) is 0.609. The van der Waals surface area contributed by atoms with Crippen LogP contribution in [0.4, 0.5) is 0 Å². The first-order chi connectivity index (χ1) is 14.4. The van der Waals surface area contributed by atoms with Gasteiger partial charge >= 0.3 is 0 Å². The molecule has 0 radical (unpaired) electrons. The normalized spacial score (nSPS) is 18.1. The lowest BCUT2D eigenvalue weighted by Crippen LogP contribution is -2.53. The van der Waals surface area contributed by atoms with E-state index in [2.05, 4.69) is 10.6 Å². The molecule has 1 atom stereocenters. The van der Waals surface area contributed by atoms with Gasteiger partial charge in [0.2, 0.25) is 11.8 Å². The van der Waals surface area contributed by atoms with Gasteiger partial charge in [0.15, 0.2) is 0 Å². The zero-order valence-corrected chi connectivity index (χ0v) is 18.1. The summed E-state index contributed by atoms with van der Waals surface area (Å²) >= 11 is 0. The summed E-state index contributed by atoms with van der Waals surface area (Å²) in [5, 5.41) is 5.96. The Morgan fingerprint density at radius 3 is 2.23 bits per heavy atom. The molecule has 1 saturated heterocycles. The van der Waals surface area contributed by atoms with Gasteiger partial charge in [-0.1, -0.05) is 13.8 Å². The molecule has 7 heteroatoms. The van der Waals surface area contributed by atoms with Gasteiger partial charge in [0.1, 0.15) is 11.8 Å². The Morgan fingerprint density at radius 1 is 1.07 bits per heavy atom. The minimum absolute atomic E-state index is 0.0226. The third kappa shape index (κ3) is 5.74. The summed E-state index contributed by atoms with van der Waals surface area (Å²) in [5.41, 5.74) is 0.493. The van der Waals surface area contributed by atoms with E-state index in [1.54, 1.807) is 29.2 Å². The maximum absolute atomic E-state index is 13.1. The summed E-state index contributed by atoms with van der Waals surface area (Å²) in [6.45, 7) is 7.41. The highest BCUT2D eigenvalue weighted by Gasteiger charge is 2.34. The van der Waals surface area contributed by atoms with Crippen molar-refractivity contribution in [2.24, 2.45) is 11.8 Å². The molecule has 1 heterocycles. The summed E-state index contributed by atoms with van der Waals surface area (Å²) in [6.07, 6.45) is 3.49. The average Bonchev–Trinajstić information content (AvgIpc) is 3.56. The van der Waals surface area contributed by atoms with Gasteiger partial charge in [-0.3, -0.25) is 14.4 Å². The summed E-state index contributed by atoms with van der Waals surface area (Å²) in [7, 11) is 0. The number of hydrogen-bond donors (Lipinski definition) is 2. The fourth-order valence-corrected chi connectivity index (χ4v) is 3.71. The minimum atomic E-state index is -0.596. The van der Waals surface area contributed by atoms with Gasteiger partial charge < -0.3 is 20.3 Å². The number of ether oxygens (including phenoxy) is 1. The second kappa shape index (κ2) is 9.96. The predicted molar refractivity (Wildman–Crippen MR) is 114 cm³/mol. The number of carbonyl (C=O) groups is 3. The van der Waals surface area contributed by atoms with E-state index in [0.717, 1.165) is 12.8 Å². The van der Waals surface area contributed by atoms with Gasteiger partial charge in [-0.05, 0) is 62.8 Å². The Balaban J connectivity index is 1.55. The van der Waals surface area contributed by atoms with Crippen molar-refractivity contribution in [1.82, 2.24) is 15.5 Å². The lowest BCUT2D eigenvalue weighted by Gasteiger charge is -2.35. The van der Waals surface area contributed by atoms with Crippen LogP contribution >= 0.6 is 0 Å². The largest absolute Gasteiger partial charge is 0.494 e. The molecule has 1 aliphatic carbocycles. The van der Waals surface area contributed by atoms with Gasteiger partial charge in [0, 0.05) is 30.6 Å². The van der Waals surface area contributed by atoms with Gasteiger partial charge in [0.25, 0.3) is 5.91 Å². The molecule has 164 valence electrons. The number of nitrogens with zero attached hydrogens (tertiary/aromatic N) is 1. The summed E-state index contributed by atoms with van der Waals surface area (Å²) in [6, 6.07) is 6.67. The lowest BCUT2D eigenvalue weighted by molar-refractivity contribution is -0.138. The number of carbonyl (C=O) groups excluding carboxylic acids is 3. The van der Waals surface area contributed by atoms with Gasteiger partial charge in [-0.2, -0.15) is 0 Å². The number of hydrogen-bond acceptors (Lipinski definition) is 4. The van der Waals surface area contributed by atoms with Crippen LogP contribution in [-0.4, -0.2) is 54.4 Å². The first kappa shape index (κ1) is 22.1. The van der Waals surface area contributed by atoms with Crippen LogP contribution < -0.4 is 15.4 Å². The summed E-state index contributed by atoms with van der Waals surface area (Å²) in [5.74, 6) is 0.410. The molecule has 1 aromatic carbocycles. The number of amides is 3. The quantitative estimate of drug-likeness (QED) is 0.682. The van der Waals surface area contributed by atoms with Crippen LogP contribution in [0.25, 0.3) is 0 Å². The van der Waals surface area contributed by atoms with Crippen molar-refractivity contribution in [1.29, 1.82) is 0 Å². The van der Waals surface area contributed by atoms with Crippen LogP contribution in [0.15, 0.2) is 24.3 Å². The molecule has 1 aromatic rings. The predicted octanol–water partition coefficient (Wildman–Crippen LogP) is 2.36. The van der Waals surface area contributed by atoms with E-state index in [-0.39, 0.29) is 29.6 Å². The lowest BCUT2D eigenvalue weighted by atomic mass is 9.94. The second-order valence-corrected chi connectivity index (χ2v) is 8.53. The molecular weight excluding hydrogens is 382 g/mol. The van der Waals surface area contributed by atoms with Crippen molar-refractivity contribution < 1.29 is 19.1 Å². The number of rotatable bonds is 8. The van der Waals surface area contributed by atoms with Crippen LogP contribution in [0.5, 0.6) is 5.75 Å². The molecule has 3 amide bonds. The minimum Gasteiger partial charge on any atom is -0.494 e. The first-order valence-corrected chi connectivity index (χ1v) is 11.0. The van der Waals surface area contributed by atoms with E-state index >= 15 is 0 Å². The molecule has 2 N–H and O–H groups in total. The van der Waals surface area contributed by atoms with Crippen LogP contribution in [0.2, 0.25) is 0 Å². The Morgan fingerprint density at radius 2 is 1.70 bits per heavy atom. The van der Waals surface area contributed by atoms with E-state index in [1.807, 2.05) is 20.8 Å². The van der Waals surface area contributed by atoms with Crippen molar-refractivity contribution in [2.45, 2.75) is 58.5 Å². The van der Waals surface area contributed by atoms with Gasteiger partial charge in [-0.15, -0.1) is 0 Å². The third-order valence-electron chi connectivity index (χ3n) is 5.75. The maximum atomic E-state index is 13.1. The highest BCUT2D eigenvalue weighted by molar-refractivity contribution is 5.97. The number of benzene rings is 1.